The van der Waals surface area contributed by atoms with Gasteiger partial charge in [0.1, 0.15) is 0 Å². The molecule has 0 aliphatic heterocycles. The molecule has 0 spiro atoms. The number of anilines is 3. The van der Waals surface area contributed by atoms with Gasteiger partial charge in [-0.05, 0) is 79.4 Å². The normalized spacial score (nSPS) is 12.8. The van der Waals surface area contributed by atoms with Crippen molar-refractivity contribution in [2.24, 2.45) is 0 Å². The zero-order chi connectivity index (χ0) is 34.5. The van der Waals surface area contributed by atoms with Crippen molar-refractivity contribution in [3.8, 4) is 22.3 Å². The lowest BCUT2D eigenvalue weighted by atomic mass is 9.68. The smallest absolute Gasteiger partial charge is 0.0714 e. The Labute approximate surface area is 304 Å². The lowest BCUT2D eigenvalue weighted by Crippen LogP contribution is -2.28. The average molecular weight is 662 g/mol. The molecule has 0 saturated carbocycles. The Kier molecular flexibility index (Phi) is 7.11. The van der Waals surface area contributed by atoms with E-state index in [-0.39, 0.29) is 0 Å². The third-order valence-electron chi connectivity index (χ3n) is 10.9. The predicted octanol–water partition coefficient (Wildman–Crippen LogP) is 13.5. The maximum atomic E-state index is 2.51. The minimum absolute atomic E-state index is 0.487. The number of benzene rings is 9. The van der Waals surface area contributed by atoms with Crippen LogP contribution in [0.5, 0.6) is 0 Å². The molecule has 244 valence electrons. The van der Waals surface area contributed by atoms with E-state index in [9.17, 15) is 0 Å². The lowest BCUT2D eigenvalue weighted by molar-refractivity contribution is 0.768. The van der Waals surface area contributed by atoms with Gasteiger partial charge in [0.15, 0.2) is 0 Å². The molecule has 0 fully saturated rings. The minimum Gasteiger partial charge on any atom is -0.309 e. The summed E-state index contributed by atoms with van der Waals surface area (Å²) in [5.74, 6) is 0. The van der Waals surface area contributed by atoms with E-state index in [1.807, 2.05) is 0 Å². The maximum absolute atomic E-state index is 2.51. The molecule has 9 aromatic carbocycles. The number of nitrogens with zero attached hydrogens (tertiary/aromatic N) is 1. The fourth-order valence-corrected chi connectivity index (χ4v) is 8.72. The summed E-state index contributed by atoms with van der Waals surface area (Å²) in [6, 6.07) is 77.8. The van der Waals surface area contributed by atoms with Crippen LogP contribution in [0.2, 0.25) is 0 Å². The van der Waals surface area contributed by atoms with Crippen molar-refractivity contribution in [3.63, 3.8) is 0 Å². The second kappa shape index (κ2) is 12.3. The van der Waals surface area contributed by atoms with Crippen LogP contribution in [0.15, 0.2) is 212 Å². The van der Waals surface area contributed by atoms with Crippen molar-refractivity contribution in [3.05, 3.63) is 235 Å². The van der Waals surface area contributed by atoms with Gasteiger partial charge in [-0.1, -0.05) is 188 Å². The standard InChI is InChI=1S/C51H35N/c1-4-17-36(18-5-1)37-31-33-41(34-32-37)52(49-35-38-19-10-11-24-42(38)43-25-12-13-26-44(43)49)48-30-16-29-47-50(48)45-27-14-15-28-46(45)51(47,39-20-6-2-7-21-39)40-22-8-3-9-23-40/h1-35H. The lowest BCUT2D eigenvalue weighted by Gasteiger charge is -2.34. The van der Waals surface area contributed by atoms with Gasteiger partial charge in [0.05, 0.1) is 16.8 Å². The van der Waals surface area contributed by atoms with Gasteiger partial charge in [-0.2, -0.15) is 0 Å². The molecule has 0 N–H and O–H groups in total. The molecule has 0 amide bonds. The third kappa shape index (κ3) is 4.56. The van der Waals surface area contributed by atoms with E-state index in [0.717, 1.165) is 17.1 Å². The second-order valence-corrected chi connectivity index (χ2v) is 13.6. The number of hydrogen-bond donors (Lipinski definition) is 0. The van der Waals surface area contributed by atoms with E-state index in [0.29, 0.717) is 0 Å². The first-order valence-corrected chi connectivity index (χ1v) is 18.0. The Hall–Kier alpha value is -6.70. The third-order valence-corrected chi connectivity index (χ3v) is 10.9. The molecular formula is C51H35N. The molecule has 0 unspecified atom stereocenters. The molecule has 0 radical (unpaired) electrons. The van der Waals surface area contributed by atoms with Crippen molar-refractivity contribution in [2.45, 2.75) is 5.41 Å². The fraction of sp³-hybridized carbons (Fsp3) is 0.0196. The molecule has 1 heteroatoms. The van der Waals surface area contributed by atoms with E-state index >= 15 is 0 Å². The quantitative estimate of drug-likeness (QED) is 0.160. The van der Waals surface area contributed by atoms with Crippen LogP contribution in [0.4, 0.5) is 17.1 Å². The first kappa shape index (κ1) is 30.2. The summed E-state index contributed by atoms with van der Waals surface area (Å²) in [4.78, 5) is 2.51. The van der Waals surface area contributed by atoms with Crippen LogP contribution >= 0.6 is 0 Å². The fourth-order valence-electron chi connectivity index (χ4n) is 8.72. The van der Waals surface area contributed by atoms with Crippen molar-refractivity contribution < 1.29 is 0 Å². The van der Waals surface area contributed by atoms with E-state index in [2.05, 4.69) is 217 Å². The Bertz CT molecular complexity index is 2670. The molecule has 1 aliphatic rings. The molecule has 1 aliphatic carbocycles. The van der Waals surface area contributed by atoms with E-state index < -0.39 is 5.41 Å². The average Bonchev–Trinajstić information content (AvgIpc) is 3.54. The van der Waals surface area contributed by atoms with Gasteiger partial charge in [-0.25, -0.2) is 0 Å². The molecule has 1 nitrogen and oxygen atoms in total. The van der Waals surface area contributed by atoms with Gasteiger partial charge in [0.25, 0.3) is 0 Å². The van der Waals surface area contributed by atoms with Gasteiger partial charge in [0, 0.05) is 16.6 Å². The molecule has 0 aromatic heterocycles. The van der Waals surface area contributed by atoms with E-state index in [1.165, 1.54) is 66.1 Å². The van der Waals surface area contributed by atoms with Crippen molar-refractivity contribution >= 4 is 38.6 Å². The largest absolute Gasteiger partial charge is 0.309 e. The molecular weight excluding hydrogens is 627 g/mol. The van der Waals surface area contributed by atoms with Crippen molar-refractivity contribution in [1.82, 2.24) is 0 Å². The van der Waals surface area contributed by atoms with Crippen LogP contribution in [0, 0.1) is 0 Å². The van der Waals surface area contributed by atoms with Gasteiger partial charge < -0.3 is 4.90 Å². The number of fused-ring (bicyclic) bond motifs is 6. The van der Waals surface area contributed by atoms with Gasteiger partial charge >= 0.3 is 0 Å². The maximum Gasteiger partial charge on any atom is 0.0714 e. The van der Waals surface area contributed by atoms with Gasteiger partial charge in [0.2, 0.25) is 0 Å². The highest BCUT2D eigenvalue weighted by Crippen LogP contribution is 2.59. The van der Waals surface area contributed by atoms with Gasteiger partial charge in [-0.3, -0.25) is 0 Å². The zero-order valence-electron chi connectivity index (χ0n) is 28.7. The van der Waals surface area contributed by atoms with Crippen LogP contribution < -0.4 is 4.90 Å². The molecule has 0 saturated heterocycles. The molecule has 0 bridgehead atoms. The first-order valence-electron chi connectivity index (χ1n) is 18.0. The molecule has 0 heterocycles. The molecule has 9 aromatic rings. The number of rotatable bonds is 6. The summed E-state index contributed by atoms with van der Waals surface area (Å²) in [7, 11) is 0. The highest BCUT2D eigenvalue weighted by atomic mass is 15.1. The SMILES string of the molecule is c1ccc(-c2ccc(N(c3cccc4c3-c3ccccc3C4(c3ccccc3)c3ccccc3)c3cc4ccccc4c4ccccc34)cc2)cc1. The van der Waals surface area contributed by atoms with Crippen molar-refractivity contribution in [1.29, 1.82) is 0 Å². The summed E-state index contributed by atoms with van der Waals surface area (Å²) in [5, 5.41) is 4.95. The number of hydrogen-bond acceptors (Lipinski definition) is 1. The first-order chi connectivity index (χ1) is 25.8. The summed E-state index contributed by atoms with van der Waals surface area (Å²) < 4.78 is 0. The van der Waals surface area contributed by atoms with E-state index in [4.69, 9.17) is 0 Å². The monoisotopic (exact) mass is 661 g/mol. The Morgan fingerprint density at radius 1 is 0.346 bits per heavy atom. The van der Waals surface area contributed by atoms with Crippen LogP contribution in [0.25, 0.3) is 43.8 Å². The summed E-state index contributed by atoms with van der Waals surface area (Å²) >= 11 is 0. The van der Waals surface area contributed by atoms with E-state index in [1.54, 1.807) is 0 Å². The highest BCUT2D eigenvalue weighted by Gasteiger charge is 2.47. The van der Waals surface area contributed by atoms with Crippen molar-refractivity contribution in [2.75, 3.05) is 4.90 Å². The minimum atomic E-state index is -0.487. The predicted molar refractivity (Wildman–Crippen MR) is 219 cm³/mol. The van der Waals surface area contributed by atoms with Crippen LogP contribution in [0.3, 0.4) is 0 Å². The topological polar surface area (TPSA) is 3.24 Å². The summed E-state index contributed by atoms with van der Waals surface area (Å²) in [6.45, 7) is 0. The zero-order valence-corrected chi connectivity index (χ0v) is 28.7. The molecule has 10 rings (SSSR count). The van der Waals surface area contributed by atoms with Gasteiger partial charge in [-0.15, -0.1) is 0 Å². The Morgan fingerprint density at radius 3 is 1.60 bits per heavy atom. The molecule has 52 heavy (non-hydrogen) atoms. The second-order valence-electron chi connectivity index (χ2n) is 13.6. The highest BCUT2D eigenvalue weighted by molar-refractivity contribution is 6.15. The molecule has 0 atom stereocenters. The summed E-state index contributed by atoms with van der Waals surface area (Å²) in [5.41, 5.74) is 13.0. The van der Waals surface area contributed by atoms with Crippen LogP contribution in [0.1, 0.15) is 22.3 Å². The van der Waals surface area contributed by atoms with Crippen LogP contribution in [-0.2, 0) is 5.41 Å². The Morgan fingerprint density at radius 2 is 0.885 bits per heavy atom. The Balaban J connectivity index is 1.31. The summed E-state index contributed by atoms with van der Waals surface area (Å²) in [6.07, 6.45) is 0. The van der Waals surface area contributed by atoms with Crippen LogP contribution in [-0.4, -0.2) is 0 Å².